The molecule has 1 aliphatic heterocycles. The van der Waals surface area contributed by atoms with Gasteiger partial charge in [0.15, 0.2) is 12.8 Å². The normalized spacial score (nSPS) is 17.4. The third kappa shape index (κ3) is 14.9. The summed E-state index contributed by atoms with van der Waals surface area (Å²) in [5.74, 6) is 1.76. The lowest BCUT2D eigenvalue weighted by Gasteiger charge is -2.39. The first-order valence-corrected chi connectivity index (χ1v) is 21.6. The number of likely N-dealkylation sites (tertiary alicyclic amines) is 1. The number of ether oxygens (including phenoxy) is 2. The average molecular weight is 844 g/mol. The third-order valence-electron chi connectivity index (χ3n) is 10.9. The van der Waals surface area contributed by atoms with Crippen LogP contribution in [0.4, 0.5) is 0 Å². The van der Waals surface area contributed by atoms with Gasteiger partial charge in [0.05, 0.1) is 6.04 Å². The Hall–Kier alpha value is -4.61. The molecule has 7 atom stereocenters. The van der Waals surface area contributed by atoms with Gasteiger partial charge in [-0.1, -0.05) is 66.5 Å². The van der Waals surface area contributed by atoms with Gasteiger partial charge >= 0.3 is 11.9 Å². The minimum Gasteiger partial charge on any atom is -0.508 e. The fraction of sp³-hybridized carbons (Fsp3) is 0.643. The van der Waals surface area contributed by atoms with Crippen molar-refractivity contribution in [2.75, 3.05) is 20.3 Å². The molecule has 0 saturated carbocycles. The lowest BCUT2D eigenvalue weighted by Crippen LogP contribution is -2.59. The Balaban J connectivity index is 1.95. The number of carbonyl (C=O) groups excluding carboxylic acids is 6. The highest BCUT2D eigenvalue weighted by atomic mass is 32.1. The number of hydrogen-bond acceptors (Lipinski definition) is 13. The Morgan fingerprint density at radius 2 is 1.73 bits per heavy atom. The van der Waals surface area contributed by atoms with Crippen molar-refractivity contribution in [3.05, 3.63) is 45.9 Å². The molecule has 0 radical (unpaired) electrons. The number of benzene rings is 1. The number of piperidine rings is 1. The van der Waals surface area contributed by atoms with Gasteiger partial charge in [-0.3, -0.25) is 39.1 Å². The van der Waals surface area contributed by atoms with Crippen LogP contribution in [-0.4, -0.2) is 99.9 Å². The molecule has 1 fully saturated rings. The smallest absolute Gasteiger partial charge is 0.307 e. The van der Waals surface area contributed by atoms with E-state index in [2.05, 4.69) is 21.0 Å². The first-order chi connectivity index (χ1) is 28.0. The van der Waals surface area contributed by atoms with Crippen LogP contribution in [0.2, 0.25) is 0 Å². The highest BCUT2D eigenvalue weighted by Crippen LogP contribution is 2.32. The lowest BCUT2D eigenvalue weighted by atomic mass is 9.92. The van der Waals surface area contributed by atoms with E-state index in [4.69, 9.17) is 15.3 Å². The second-order valence-electron chi connectivity index (χ2n) is 16.0. The summed E-state index contributed by atoms with van der Waals surface area (Å²) < 4.78 is 11.5. The van der Waals surface area contributed by atoms with Crippen LogP contribution in [0.5, 0.6) is 5.75 Å². The maximum absolute atomic E-state index is 14.8. The van der Waals surface area contributed by atoms with Gasteiger partial charge in [0, 0.05) is 43.1 Å². The number of likely N-dealkylation sites (N-methyl/N-ethyl adjacent to an activating group) is 1. The van der Waals surface area contributed by atoms with Crippen molar-refractivity contribution in [1.29, 1.82) is 0 Å². The molecule has 328 valence electrons. The highest BCUT2D eigenvalue weighted by molar-refractivity contribution is 7.09. The summed E-state index contributed by atoms with van der Waals surface area (Å²) in [7, 11) is 1.90. The Morgan fingerprint density at radius 3 is 2.32 bits per heavy atom. The van der Waals surface area contributed by atoms with Gasteiger partial charge in [-0.25, -0.2) is 10.8 Å². The summed E-state index contributed by atoms with van der Waals surface area (Å²) in [6.07, 6.45) is 3.51. The molecule has 0 bridgehead atoms. The summed E-state index contributed by atoms with van der Waals surface area (Å²) in [5, 5.41) is 17.6. The molecule has 1 unspecified atom stereocenters. The maximum Gasteiger partial charge on any atom is 0.307 e. The van der Waals surface area contributed by atoms with Crippen molar-refractivity contribution in [2.45, 2.75) is 137 Å². The van der Waals surface area contributed by atoms with E-state index in [0.29, 0.717) is 30.7 Å². The van der Waals surface area contributed by atoms with Crippen LogP contribution in [0, 0.1) is 17.8 Å². The van der Waals surface area contributed by atoms with E-state index in [1.165, 1.54) is 24.0 Å². The standard InChI is InChI=1S/C42H65N7O9S/c1-9-13-36(52)57-24-49(42(56)37(26(5)10-2)46-40(55)33-14-11-12-19-48(33)8)34(25(3)4)22-35(58-28(7)50)41-45-32(23-59-41)39(54)44-30(20-27(6)38(53)47-43)21-29-15-17-31(51)18-16-29/h15-18,23,25-27,30,33-35,37,51H,9-14,19-22,24,43H2,1-8H3,(H,44,54)(H,46,55)(H,47,53)/t26?,27-,30+,33+,34+,35+,37-/m0/s1. The number of thiazole rings is 1. The van der Waals surface area contributed by atoms with Crippen molar-refractivity contribution >= 4 is 46.9 Å². The molecular weight excluding hydrogens is 779 g/mol. The number of nitrogens with one attached hydrogen (secondary N) is 3. The van der Waals surface area contributed by atoms with E-state index < -0.39 is 59.8 Å². The van der Waals surface area contributed by atoms with Crippen LogP contribution < -0.4 is 21.9 Å². The number of nitrogens with two attached hydrogens (primary N) is 1. The summed E-state index contributed by atoms with van der Waals surface area (Å²) >= 11 is 1.11. The first kappa shape index (κ1) is 48.8. The molecule has 2 aromatic rings. The molecule has 1 saturated heterocycles. The minimum atomic E-state index is -0.998. The van der Waals surface area contributed by atoms with Crippen LogP contribution in [0.1, 0.15) is 127 Å². The average Bonchev–Trinajstić information content (AvgIpc) is 3.70. The predicted molar refractivity (Wildman–Crippen MR) is 223 cm³/mol. The fourth-order valence-corrected chi connectivity index (χ4v) is 8.06. The molecule has 6 N–H and O–H groups in total. The summed E-state index contributed by atoms with van der Waals surface area (Å²) in [6.45, 7) is 12.8. The number of hydrazine groups is 1. The minimum absolute atomic E-state index is 0.0462. The molecule has 2 heterocycles. The molecule has 16 nitrogen and oxygen atoms in total. The molecule has 1 aliphatic rings. The number of phenols is 1. The topological polar surface area (TPSA) is 223 Å². The fourth-order valence-electron chi connectivity index (χ4n) is 7.22. The van der Waals surface area contributed by atoms with Crippen molar-refractivity contribution in [3.63, 3.8) is 0 Å². The van der Waals surface area contributed by atoms with Gasteiger partial charge in [-0.05, 0) is 75.2 Å². The summed E-state index contributed by atoms with van der Waals surface area (Å²) in [6, 6.07) is 4.04. The number of nitrogens with zero attached hydrogens (tertiary/aromatic N) is 3. The van der Waals surface area contributed by atoms with Crippen LogP contribution in [0.15, 0.2) is 29.6 Å². The second-order valence-corrected chi connectivity index (χ2v) is 16.9. The van der Waals surface area contributed by atoms with Gasteiger partial charge in [-0.2, -0.15) is 0 Å². The van der Waals surface area contributed by atoms with E-state index in [1.54, 1.807) is 24.4 Å². The number of carbonyl (C=O) groups is 6. The van der Waals surface area contributed by atoms with E-state index in [9.17, 15) is 33.9 Å². The predicted octanol–water partition coefficient (Wildman–Crippen LogP) is 4.37. The zero-order chi connectivity index (χ0) is 43.8. The molecular formula is C42H65N7O9S. The molecule has 3 rings (SSSR count). The van der Waals surface area contributed by atoms with Gasteiger partial charge in [0.2, 0.25) is 17.7 Å². The molecule has 0 spiro atoms. The van der Waals surface area contributed by atoms with E-state index in [0.717, 1.165) is 36.3 Å². The van der Waals surface area contributed by atoms with Crippen LogP contribution >= 0.6 is 11.3 Å². The van der Waals surface area contributed by atoms with Gasteiger partial charge in [0.1, 0.15) is 22.5 Å². The molecule has 4 amide bonds. The second kappa shape index (κ2) is 23.8. The quantitative estimate of drug-likeness (QED) is 0.0367. The maximum atomic E-state index is 14.8. The van der Waals surface area contributed by atoms with Gasteiger partial charge < -0.3 is 30.1 Å². The monoisotopic (exact) mass is 843 g/mol. The SMILES string of the molecule is CCCC(=O)OCN(C(=O)[C@@H](NC(=O)[C@H]1CCCCN1C)C(C)CC)[C@H](C[C@@H](OC(C)=O)c1nc(C(=O)N[C@@H](Cc2ccc(O)cc2)C[C@H](C)C(=O)NN)cs1)C(C)C. The van der Waals surface area contributed by atoms with Crippen LogP contribution in [0.3, 0.4) is 0 Å². The molecule has 1 aromatic heterocycles. The number of esters is 2. The van der Waals surface area contributed by atoms with Crippen molar-refractivity contribution in [1.82, 2.24) is 30.8 Å². The lowest BCUT2D eigenvalue weighted by molar-refractivity contribution is -0.160. The first-order valence-electron chi connectivity index (χ1n) is 20.7. The van der Waals surface area contributed by atoms with Crippen molar-refractivity contribution in [2.24, 2.45) is 23.6 Å². The Morgan fingerprint density at radius 1 is 1.03 bits per heavy atom. The largest absolute Gasteiger partial charge is 0.508 e. The molecule has 17 heteroatoms. The van der Waals surface area contributed by atoms with Gasteiger partial charge in [-0.15, -0.1) is 11.3 Å². The summed E-state index contributed by atoms with van der Waals surface area (Å²) in [5.41, 5.74) is 3.02. The summed E-state index contributed by atoms with van der Waals surface area (Å²) in [4.78, 5) is 87.8. The van der Waals surface area contributed by atoms with E-state index >= 15 is 0 Å². The van der Waals surface area contributed by atoms with Crippen molar-refractivity contribution < 1.29 is 43.3 Å². The third-order valence-corrected chi connectivity index (χ3v) is 11.8. The molecule has 0 aliphatic carbocycles. The number of aromatic hydroxyl groups is 1. The zero-order valence-electron chi connectivity index (χ0n) is 35.8. The number of amides is 4. The Bertz CT molecular complexity index is 1700. The van der Waals surface area contributed by atoms with Crippen molar-refractivity contribution in [3.8, 4) is 5.75 Å². The number of phenolic OH excluding ortho intramolecular Hbond substituents is 1. The zero-order valence-corrected chi connectivity index (χ0v) is 36.6. The highest BCUT2D eigenvalue weighted by Gasteiger charge is 2.39. The molecule has 59 heavy (non-hydrogen) atoms. The van der Waals surface area contributed by atoms with E-state index in [-0.39, 0.29) is 61.2 Å². The molecule has 1 aromatic carbocycles. The van der Waals surface area contributed by atoms with Crippen LogP contribution in [0.25, 0.3) is 0 Å². The van der Waals surface area contributed by atoms with Crippen LogP contribution in [-0.2, 0) is 39.9 Å². The number of aromatic nitrogens is 1. The van der Waals surface area contributed by atoms with E-state index in [1.807, 2.05) is 46.6 Å². The Labute approximate surface area is 352 Å². The number of rotatable bonds is 22. The Kier molecular flexibility index (Phi) is 19.7. The number of hydrogen-bond donors (Lipinski definition) is 5. The van der Waals surface area contributed by atoms with Gasteiger partial charge in [0.25, 0.3) is 5.91 Å².